The van der Waals surface area contributed by atoms with Gasteiger partial charge < -0.3 is 20.7 Å². The van der Waals surface area contributed by atoms with Crippen molar-refractivity contribution in [3.05, 3.63) is 29.8 Å². The van der Waals surface area contributed by atoms with Crippen molar-refractivity contribution in [2.24, 2.45) is 0 Å². The molecular formula is C18H21N9O2. The van der Waals surface area contributed by atoms with Crippen molar-refractivity contribution in [1.29, 1.82) is 0 Å². The van der Waals surface area contributed by atoms with Crippen LogP contribution in [0.15, 0.2) is 24.3 Å². The fourth-order valence-corrected chi connectivity index (χ4v) is 3.04. The number of nitrogen functional groups attached to an aromatic ring is 1. The number of nitrogens with one attached hydrogen (secondary N) is 2. The highest BCUT2D eigenvalue weighted by molar-refractivity contribution is 6.03. The van der Waals surface area contributed by atoms with Gasteiger partial charge in [-0.3, -0.25) is 4.79 Å². The second-order valence-corrected chi connectivity index (χ2v) is 6.63. The van der Waals surface area contributed by atoms with Crippen LogP contribution in [0.2, 0.25) is 0 Å². The third-order valence-corrected chi connectivity index (χ3v) is 4.43. The van der Waals surface area contributed by atoms with Crippen LogP contribution in [0, 0.1) is 0 Å². The molecule has 0 atom stereocenters. The lowest BCUT2D eigenvalue weighted by Crippen LogP contribution is -2.39. The lowest BCUT2D eigenvalue weighted by atomic mass is 10.1. The molecule has 0 unspecified atom stereocenters. The van der Waals surface area contributed by atoms with Crippen molar-refractivity contribution in [3.8, 4) is 17.4 Å². The summed E-state index contributed by atoms with van der Waals surface area (Å²) in [4.78, 5) is 22.7. The third kappa shape index (κ3) is 4.08. The van der Waals surface area contributed by atoms with Crippen LogP contribution in [0.25, 0.3) is 11.4 Å². The molecular weight excluding hydrogens is 374 g/mol. The first-order chi connectivity index (χ1) is 14.1. The Morgan fingerprint density at radius 3 is 3.00 bits per heavy atom. The van der Waals surface area contributed by atoms with Gasteiger partial charge in [0.15, 0.2) is 11.6 Å². The van der Waals surface area contributed by atoms with Crippen LogP contribution in [-0.4, -0.2) is 49.7 Å². The van der Waals surface area contributed by atoms with Gasteiger partial charge in [-0.1, -0.05) is 31.5 Å². The number of carbonyl (C=O) groups is 1. The van der Waals surface area contributed by atoms with E-state index >= 15 is 0 Å². The van der Waals surface area contributed by atoms with Crippen LogP contribution in [0.3, 0.4) is 0 Å². The lowest BCUT2D eigenvalue weighted by Gasteiger charge is -2.30. The molecule has 0 aliphatic carbocycles. The molecule has 4 N–H and O–H groups in total. The zero-order valence-electron chi connectivity index (χ0n) is 15.9. The molecule has 0 radical (unpaired) electrons. The number of H-pyrrole nitrogens is 1. The van der Waals surface area contributed by atoms with Gasteiger partial charge in [-0.2, -0.15) is 15.2 Å². The van der Waals surface area contributed by atoms with Gasteiger partial charge in [0, 0.05) is 12.1 Å². The molecule has 1 aliphatic rings. The second-order valence-electron chi connectivity index (χ2n) is 6.63. The van der Waals surface area contributed by atoms with E-state index in [1.807, 2.05) is 29.2 Å². The maximum absolute atomic E-state index is 12.2. The Kier molecular flexibility index (Phi) is 5.18. The number of nitrogens with zero attached hydrogens (tertiary/aromatic N) is 6. The summed E-state index contributed by atoms with van der Waals surface area (Å²) in [5.74, 6) is 1.04. The van der Waals surface area contributed by atoms with Crippen molar-refractivity contribution in [2.45, 2.75) is 26.3 Å². The van der Waals surface area contributed by atoms with E-state index in [4.69, 9.17) is 10.5 Å². The van der Waals surface area contributed by atoms with Crippen LogP contribution in [0.4, 0.5) is 17.3 Å². The summed E-state index contributed by atoms with van der Waals surface area (Å²) in [6, 6.07) is 7.90. The van der Waals surface area contributed by atoms with Gasteiger partial charge in [0.25, 0.3) is 0 Å². The van der Waals surface area contributed by atoms with E-state index in [1.165, 1.54) is 0 Å². The average Bonchev–Trinajstić information content (AvgIpc) is 3.24. The molecule has 1 aromatic carbocycles. The predicted molar refractivity (Wildman–Crippen MR) is 106 cm³/mol. The number of carbonyl (C=O) groups excluding carboxylic acids is 1. The SMILES string of the molecule is CCCCOc1nc(N)c2c(n1)N(Cc1cccc(-c3nn[nH]n3)c1)CC(=O)N2. The molecule has 0 spiro atoms. The summed E-state index contributed by atoms with van der Waals surface area (Å²) in [5, 5.41) is 16.8. The number of amides is 1. The molecule has 0 saturated heterocycles. The Labute approximate surface area is 166 Å². The van der Waals surface area contributed by atoms with E-state index in [1.54, 1.807) is 0 Å². The summed E-state index contributed by atoms with van der Waals surface area (Å²) in [6.07, 6.45) is 1.89. The zero-order valence-corrected chi connectivity index (χ0v) is 15.9. The minimum Gasteiger partial charge on any atom is -0.463 e. The Morgan fingerprint density at radius 1 is 1.31 bits per heavy atom. The molecule has 0 bridgehead atoms. The highest BCUT2D eigenvalue weighted by Crippen LogP contribution is 2.34. The summed E-state index contributed by atoms with van der Waals surface area (Å²) in [7, 11) is 0. The quantitative estimate of drug-likeness (QED) is 0.504. The number of anilines is 3. The molecule has 1 aliphatic heterocycles. The molecule has 0 fully saturated rings. The highest BCUT2D eigenvalue weighted by atomic mass is 16.5. The zero-order chi connectivity index (χ0) is 20.2. The van der Waals surface area contributed by atoms with Crippen LogP contribution >= 0.6 is 0 Å². The van der Waals surface area contributed by atoms with Crippen molar-refractivity contribution in [3.63, 3.8) is 0 Å². The van der Waals surface area contributed by atoms with Gasteiger partial charge >= 0.3 is 6.01 Å². The third-order valence-electron chi connectivity index (χ3n) is 4.43. The van der Waals surface area contributed by atoms with Gasteiger partial charge in [0.05, 0.1) is 13.2 Å². The number of aromatic nitrogens is 6. The molecule has 0 saturated carbocycles. The Bertz CT molecular complexity index is 1010. The van der Waals surface area contributed by atoms with Crippen molar-refractivity contribution in [1.82, 2.24) is 30.6 Å². The number of rotatable bonds is 7. The van der Waals surface area contributed by atoms with Crippen molar-refractivity contribution >= 4 is 23.2 Å². The van der Waals surface area contributed by atoms with E-state index in [-0.39, 0.29) is 24.3 Å². The topological polar surface area (TPSA) is 148 Å². The molecule has 150 valence electrons. The monoisotopic (exact) mass is 395 g/mol. The minimum atomic E-state index is -0.179. The molecule has 3 heterocycles. The minimum absolute atomic E-state index is 0.143. The fourth-order valence-electron chi connectivity index (χ4n) is 3.04. The van der Waals surface area contributed by atoms with Crippen LogP contribution < -0.4 is 20.7 Å². The predicted octanol–water partition coefficient (Wildman–Crippen LogP) is 1.38. The van der Waals surface area contributed by atoms with Crippen LogP contribution in [0.5, 0.6) is 6.01 Å². The van der Waals surface area contributed by atoms with E-state index in [0.29, 0.717) is 30.5 Å². The summed E-state index contributed by atoms with van der Waals surface area (Å²) in [6.45, 7) is 3.17. The van der Waals surface area contributed by atoms with E-state index in [9.17, 15) is 4.79 Å². The molecule has 11 heteroatoms. The highest BCUT2D eigenvalue weighted by Gasteiger charge is 2.27. The largest absolute Gasteiger partial charge is 0.463 e. The summed E-state index contributed by atoms with van der Waals surface area (Å²) >= 11 is 0. The molecule has 11 nitrogen and oxygen atoms in total. The average molecular weight is 395 g/mol. The van der Waals surface area contributed by atoms with Crippen LogP contribution in [0.1, 0.15) is 25.3 Å². The maximum Gasteiger partial charge on any atom is 0.320 e. The van der Waals surface area contributed by atoms with Crippen LogP contribution in [-0.2, 0) is 11.3 Å². The molecule has 4 rings (SSSR count). The number of benzene rings is 1. The van der Waals surface area contributed by atoms with E-state index in [0.717, 1.165) is 24.0 Å². The smallest absolute Gasteiger partial charge is 0.320 e. The standard InChI is InChI=1S/C18H21N9O2/c1-2-3-7-29-18-21-15(19)14-17(22-18)27(10-13(28)20-14)9-11-5-4-6-12(8-11)16-23-25-26-24-16/h4-6,8H,2-3,7,9-10H2,1H3,(H,20,28)(H2,19,21,22)(H,23,24,25,26). The number of aromatic amines is 1. The first-order valence-electron chi connectivity index (χ1n) is 9.32. The first kappa shape index (κ1) is 18.6. The number of nitrogens with two attached hydrogens (primary N) is 1. The van der Waals surface area contributed by atoms with Gasteiger partial charge in [-0.15, -0.1) is 10.2 Å². The Morgan fingerprint density at radius 2 is 2.21 bits per heavy atom. The Hall–Kier alpha value is -3.76. The maximum atomic E-state index is 12.2. The fraction of sp³-hybridized carbons (Fsp3) is 0.333. The summed E-state index contributed by atoms with van der Waals surface area (Å²) < 4.78 is 5.62. The number of tetrazole rings is 1. The molecule has 1 amide bonds. The van der Waals surface area contributed by atoms with Gasteiger partial charge in [-0.05, 0) is 23.3 Å². The molecule has 29 heavy (non-hydrogen) atoms. The normalized spacial score (nSPS) is 13.1. The van der Waals surface area contributed by atoms with Gasteiger partial charge in [-0.25, -0.2) is 0 Å². The second kappa shape index (κ2) is 8.09. The van der Waals surface area contributed by atoms with Gasteiger partial charge in [0.1, 0.15) is 5.69 Å². The van der Waals surface area contributed by atoms with E-state index < -0.39 is 0 Å². The van der Waals surface area contributed by atoms with Crippen molar-refractivity contribution in [2.75, 3.05) is 29.1 Å². The van der Waals surface area contributed by atoms with E-state index in [2.05, 4.69) is 42.8 Å². The first-order valence-corrected chi connectivity index (χ1v) is 9.32. The number of hydrogen-bond acceptors (Lipinski definition) is 9. The van der Waals surface area contributed by atoms with Crippen molar-refractivity contribution < 1.29 is 9.53 Å². The Balaban J connectivity index is 1.62. The lowest BCUT2D eigenvalue weighted by molar-refractivity contribution is -0.115. The number of ether oxygens (including phenoxy) is 1. The molecule has 2 aromatic heterocycles. The summed E-state index contributed by atoms with van der Waals surface area (Å²) in [5.41, 5.74) is 8.23. The number of hydrogen-bond donors (Lipinski definition) is 3. The van der Waals surface area contributed by atoms with Gasteiger partial charge in [0.2, 0.25) is 11.7 Å². The molecule has 3 aromatic rings. The number of fused-ring (bicyclic) bond motifs is 1. The number of unbranched alkanes of at least 4 members (excludes halogenated alkanes) is 1.